The summed E-state index contributed by atoms with van der Waals surface area (Å²) in [6, 6.07) is 5.81. The summed E-state index contributed by atoms with van der Waals surface area (Å²) in [5.74, 6) is 0.201. The molecule has 3 unspecified atom stereocenters. The molecule has 0 aliphatic carbocycles. The number of rotatable bonds is 3. The summed E-state index contributed by atoms with van der Waals surface area (Å²) in [4.78, 5) is 0. The third-order valence-corrected chi connectivity index (χ3v) is 3.96. The van der Waals surface area contributed by atoms with E-state index >= 15 is 0 Å². The Morgan fingerprint density at radius 2 is 1.63 bits per heavy atom. The molecule has 106 valence electrons. The zero-order chi connectivity index (χ0) is 14.0. The fourth-order valence-corrected chi connectivity index (χ4v) is 2.84. The molecule has 4 heteroatoms. The highest BCUT2D eigenvalue weighted by atomic mass is 16.3. The summed E-state index contributed by atoms with van der Waals surface area (Å²) in [5, 5.41) is 21.4. The van der Waals surface area contributed by atoms with Crippen molar-refractivity contribution in [3.63, 3.8) is 0 Å². The average Bonchev–Trinajstić information content (AvgIpc) is 2.32. The van der Waals surface area contributed by atoms with E-state index in [1.807, 2.05) is 6.92 Å². The molecule has 0 saturated carbocycles. The third kappa shape index (κ3) is 3.39. The minimum absolute atomic E-state index is 0.0565. The number of nitrogens with one attached hydrogen (secondary N) is 1. The second-order valence-corrected chi connectivity index (χ2v) is 5.67. The first-order chi connectivity index (χ1) is 8.97. The number of hydrazine groups is 1. The van der Waals surface area contributed by atoms with E-state index in [1.54, 1.807) is 12.1 Å². The normalized spacial score (nSPS) is 26.3. The lowest BCUT2D eigenvalue weighted by Crippen LogP contribution is -2.52. The van der Waals surface area contributed by atoms with E-state index in [-0.39, 0.29) is 17.5 Å². The van der Waals surface area contributed by atoms with Crippen LogP contribution in [0.1, 0.15) is 51.6 Å². The van der Waals surface area contributed by atoms with Gasteiger partial charge in [0.05, 0.1) is 0 Å². The van der Waals surface area contributed by atoms with Crippen molar-refractivity contribution in [1.82, 2.24) is 10.4 Å². The molecule has 1 heterocycles. The van der Waals surface area contributed by atoms with Gasteiger partial charge in [-0.2, -0.15) is 0 Å². The summed E-state index contributed by atoms with van der Waals surface area (Å²) in [6.07, 6.45) is 3.69. The third-order valence-electron chi connectivity index (χ3n) is 3.96. The Labute approximate surface area is 115 Å². The van der Waals surface area contributed by atoms with Gasteiger partial charge < -0.3 is 10.2 Å². The van der Waals surface area contributed by atoms with Gasteiger partial charge in [-0.15, -0.1) is 0 Å². The van der Waals surface area contributed by atoms with Gasteiger partial charge in [0.15, 0.2) is 0 Å². The van der Waals surface area contributed by atoms with Crippen molar-refractivity contribution in [2.75, 3.05) is 0 Å². The van der Waals surface area contributed by atoms with Crippen LogP contribution in [0.3, 0.4) is 0 Å². The molecule has 2 rings (SSSR count). The molecule has 1 aromatic rings. The topological polar surface area (TPSA) is 55.7 Å². The van der Waals surface area contributed by atoms with Crippen molar-refractivity contribution in [1.29, 1.82) is 0 Å². The molecule has 1 aliphatic heterocycles. The summed E-state index contributed by atoms with van der Waals surface area (Å²) in [7, 11) is 0. The first-order valence-electron chi connectivity index (χ1n) is 7.05. The number of aromatic hydroxyl groups is 2. The molecule has 1 saturated heterocycles. The lowest BCUT2D eigenvalue weighted by molar-refractivity contribution is 0.0320. The van der Waals surface area contributed by atoms with Gasteiger partial charge in [0, 0.05) is 24.2 Å². The van der Waals surface area contributed by atoms with E-state index in [9.17, 15) is 10.2 Å². The predicted octanol–water partition coefficient (Wildman–Crippen LogP) is 2.93. The highest BCUT2D eigenvalue weighted by Crippen LogP contribution is 2.27. The molecule has 1 aromatic carbocycles. The summed E-state index contributed by atoms with van der Waals surface area (Å²) in [6.45, 7) is 6.51. The van der Waals surface area contributed by atoms with Crippen LogP contribution >= 0.6 is 0 Å². The zero-order valence-corrected chi connectivity index (χ0v) is 11.9. The maximum atomic E-state index is 9.55. The van der Waals surface area contributed by atoms with Crippen LogP contribution in [0.4, 0.5) is 0 Å². The van der Waals surface area contributed by atoms with Crippen LogP contribution in [0.5, 0.6) is 11.5 Å². The molecule has 1 aliphatic rings. The molecule has 1 fully saturated rings. The molecule has 19 heavy (non-hydrogen) atoms. The number of piperidine rings is 1. The quantitative estimate of drug-likeness (QED) is 0.785. The van der Waals surface area contributed by atoms with Crippen molar-refractivity contribution < 1.29 is 10.2 Å². The van der Waals surface area contributed by atoms with Crippen LogP contribution in [0.15, 0.2) is 18.2 Å². The Morgan fingerprint density at radius 3 is 2.16 bits per heavy atom. The van der Waals surface area contributed by atoms with Crippen molar-refractivity contribution in [3.05, 3.63) is 23.8 Å². The molecule has 0 radical (unpaired) electrons. The minimum Gasteiger partial charge on any atom is -0.508 e. The standard InChI is InChI=1S/C15H24N2O2/c1-10-5-4-6-11(2)17(10)16-12(3)13-7-14(18)9-15(19)8-13/h7-12,16,18-19H,4-6H2,1-3H3. The summed E-state index contributed by atoms with van der Waals surface area (Å²) < 4.78 is 0. The number of phenolic OH excluding ortho intramolecular Hbond substituents is 2. The predicted molar refractivity (Wildman–Crippen MR) is 75.9 cm³/mol. The molecule has 3 atom stereocenters. The van der Waals surface area contributed by atoms with E-state index in [0.717, 1.165) is 5.56 Å². The van der Waals surface area contributed by atoms with Gasteiger partial charge in [-0.05, 0) is 51.3 Å². The molecule has 0 amide bonds. The molecular formula is C15H24N2O2. The lowest BCUT2D eigenvalue weighted by Gasteiger charge is -2.41. The van der Waals surface area contributed by atoms with Gasteiger partial charge in [0.25, 0.3) is 0 Å². The van der Waals surface area contributed by atoms with Gasteiger partial charge in [-0.3, -0.25) is 0 Å². The van der Waals surface area contributed by atoms with Crippen molar-refractivity contribution in [3.8, 4) is 11.5 Å². The Kier molecular flexibility index (Phi) is 4.32. The zero-order valence-electron chi connectivity index (χ0n) is 11.9. The van der Waals surface area contributed by atoms with Gasteiger partial charge in [0.1, 0.15) is 11.5 Å². The Hall–Kier alpha value is -1.26. The van der Waals surface area contributed by atoms with Gasteiger partial charge in [-0.25, -0.2) is 10.4 Å². The highest BCUT2D eigenvalue weighted by Gasteiger charge is 2.26. The smallest absolute Gasteiger partial charge is 0.119 e. The van der Waals surface area contributed by atoms with Crippen molar-refractivity contribution in [2.24, 2.45) is 0 Å². The summed E-state index contributed by atoms with van der Waals surface area (Å²) >= 11 is 0. The van der Waals surface area contributed by atoms with E-state index in [0.29, 0.717) is 12.1 Å². The minimum atomic E-state index is 0.0565. The van der Waals surface area contributed by atoms with E-state index in [1.165, 1.54) is 25.3 Å². The summed E-state index contributed by atoms with van der Waals surface area (Å²) in [5.41, 5.74) is 4.39. The van der Waals surface area contributed by atoms with Gasteiger partial charge in [0.2, 0.25) is 0 Å². The van der Waals surface area contributed by atoms with Crippen LogP contribution in [-0.2, 0) is 0 Å². The number of hydrogen-bond donors (Lipinski definition) is 3. The lowest BCUT2D eigenvalue weighted by atomic mass is 9.99. The monoisotopic (exact) mass is 264 g/mol. The van der Waals surface area contributed by atoms with Crippen LogP contribution < -0.4 is 5.43 Å². The van der Waals surface area contributed by atoms with Crippen LogP contribution in [0.2, 0.25) is 0 Å². The number of benzene rings is 1. The van der Waals surface area contributed by atoms with Crippen LogP contribution in [0.25, 0.3) is 0 Å². The average molecular weight is 264 g/mol. The number of nitrogens with zero attached hydrogens (tertiary/aromatic N) is 1. The molecule has 0 bridgehead atoms. The Bertz CT molecular complexity index is 406. The second-order valence-electron chi connectivity index (χ2n) is 5.67. The molecular weight excluding hydrogens is 240 g/mol. The first-order valence-corrected chi connectivity index (χ1v) is 7.05. The van der Waals surface area contributed by atoms with Gasteiger partial charge >= 0.3 is 0 Å². The fourth-order valence-electron chi connectivity index (χ4n) is 2.84. The Balaban J connectivity index is 2.09. The maximum Gasteiger partial charge on any atom is 0.119 e. The van der Waals surface area contributed by atoms with E-state index in [2.05, 4.69) is 24.3 Å². The molecule has 0 aromatic heterocycles. The molecule has 4 nitrogen and oxygen atoms in total. The Morgan fingerprint density at radius 1 is 1.11 bits per heavy atom. The van der Waals surface area contributed by atoms with E-state index in [4.69, 9.17) is 0 Å². The number of phenols is 2. The van der Waals surface area contributed by atoms with Crippen molar-refractivity contribution >= 4 is 0 Å². The van der Waals surface area contributed by atoms with Crippen molar-refractivity contribution in [2.45, 2.75) is 58.2 Å². The van der Waals surface area contributed by atoms with Crippen LogP contribution in [-0.4, -0.2) is 27.3 Å². The van der Waals surface area contributed by atoms with Gasteiger partial charge in [-0.1, -0.05) is 6.42 Å². The number of hydrogen-bond acceptors (Lipinski definition) is 4. The first kappa shape index (κ1) is 14.2. The fraction of sp³-hybridized carbons (Fsp3) is 0.600. The molecule has 0 spiro atoms. The SMILES string of the molecule is CC(NN1C(C)CCCC1C)c1cc(O)cc(O)c1. The van der Waals surface area contributed by atoms with E-state index < -0.39 is 0 Å². The maximum absolute atomic E-state index is 9.55. The highest BCUT2D eigenvalue weighted by molar-refractivity contribution is 5.37. The second kappa shape index (κ2) is 5.80. The van der Waals surface area contributed by atoms with Crippen LogP contribution in [0, 0.1) is 0 Å². The largest absolute Gasteiger partial charge is 0.508 e. The molecule has 3 N–H and O–H groups in total.